The highest BCUT2D eigenvalue weighted by Crippen LogP contribution is 2.28. The van der Waals surface area contributed by atoms with Crippen LogP contribution in [0.25, 0.3) is 4.85 Å². The molecule has 1 aliphatic rings. The average Bonchev–Trinajstić information content (AvgIpc) is 2.81. The maximum atomic E-state index is 6.94. The lowest BCUT2D eigenvalue weighted by molar-refractivity contribution is 0.333. The van der Waals surface area contributed by atoms with Crippen LogP contribution in [0.3, 0.4) is 0 Å². The van der Waals surface area contributed by atoms with E-state index in [1.165, 1.54) is 11.0 Å². The molecule has 0 radical (unpaired) electrons. The van der Waals surface area contributed by atoms with Crippen LogP contribution in [-0.4, -0.2) is 6.92 Å². The summed E-state index contributed by atoms with van der Waals surface area (Å²) in [6, 6.07) is 11.3. The van der Waals surface area contributed by atoms with Crippen molar-refractivity contribution in [3.05, 3.63) is 58.9 Å². The summed E-state index contributed by atoms with van der Waals surface area (Å²) in [5.74, 6) is 1.59. The standard InChI is InChI=1S/C16H14BNO2/c1-11-8-15-12(10-19-17(15)2)9-16(11)20-14-6-4-13(18-3)5-7-14/h4-9H,10H2,1-2H3. The number of ether oxygens (including phenoxy) is 1. The molecule has 3 rings (SSSR count). The minimum Gasteiger partial charge on any atom is -0.457 e. The number of hydrogen-bond donors (Lipinski definition) is 0. The molecule has 0 saturated heterocycles. The molecule has 4 heteroatoms. The molecule has 0 bridgehead atoms. The number of benzene rings is 2. The van der Waals surface area contributed by atoms with E-state index < -0.39 is 0 Å². The Hall–Kier alpha value is -2.25. The van der Waals surface area contributed by atoms with Gasteiger partial charge in [0.1, 0.15) is 11.5 Å². The van der Waals surface area contributed by atoms with Crippen LogP contribution in [-0.2, 0) is 11.3 Å². The number of aryl methyl sites for hydroxylation is 1. The fourth-order valence-corrected chi connectivity index (χ4v) is 2.39. The highest BCUT2D eigenvalue weighted by Gasteiger charge is 2.24. The number of hydrogen-bond acceptors (Lipinski definition) is 2. The fraction of sp³-hybridized carbons (Fsp3) is 0.188. The van der Waals surface area contributed by atoms with E-state index in [0.717, 1.165) is 17.1 Å². The van der Waals surface area contributed by atoms with E-state index in [-0.39, 0.29) is 6.92 Å². The van der Waals surface area contributed by atoms with Crippen molar-refractivity contribution in [3.8, 4) is 11.5 Å². The second-order valence-corrected chi connectivity index (χ2v) is 4.98. The molecule has 1 aliphatic heterocycles. The maximum Gasteiger partial charge on any atom is 0.324 e. The smallest absolute Gasteiger partial charge is 0.324 e. The summed E-state index contributed by atoms with van der Waals surface area (Å²) in [4.78, 5) is 3.37. The van der Waals surface area contributed by atoms with Gasteiger partial charge in [-0.05, 0) is 41.7 Å². The van der Waals surface area contributed by atoms with Gasteiger partial charge >= 0.3 is 6.92 Å². The van der Waals surface area contributed by atoms with E-state index in [1.54, 1.807) is 12.1 Å². The van der Waals surface area contributed by atoms with Gasteiger partial charge in [0.15, 0.2) is 5.69 Å². The molecule has 0 amide bonds. The summed E-state index contributed by atoms with van der Waals surface area (Å²) in [6.45, 7) is 11.8. The molecule has 2 aromatic carbocycles. The Morgan fingerprint density at radius 3 is 2.70 bits per heavy atom. The van der Waals surface area contributed by atoms with E-state index in [1.807, 2.05) is 19.1 Å². The quantitative estimate of drug-likeness (QED) is 0.609. The molecule has 1 heterocycles. The number of rotatable bonds is 2. The van der Waals surface area contributed by atoms with Crippen molar-refractivity contribution in [1.29, 1.82) is 0 Å². The average molecular weight is 263 g/mol. The Balaban J connectivity index is 1.89. The third-order valence-corrected chi connectivity index (χ3v) is 3.56. The van der Waals surface area contributed by atoms with Gasteiger partial charge in [-0.25, -0.2) is 4.85 Å². The second kappa shape index (κ2) is 5.03. The van der Waals surface area contributed by atoms with Crippen LogP contribution in [0.4, 0.5) is 5.69 Å². The summed E-state index contributed by atoms with van der Waals surface area (Å²) in [5, 5.41) is 0. The van der Waals surface area contributed by atoms with E-state index in [4.69, 9.17) is 16.0 Å². The highest BCUT2D eigenvalue weighted by molar-refractivity contribution is 6.67. The summed E-state index contributed by atoms with van der Waals surface area (Å²) < 4.78 is 11.5. The molecule has 0 aromatic heterocycles. The van der Waals surface area contributed by atoms with Crippen LogP contribution in [0.1, 0.15) is 11.1 Å². The molecular weight excluding hydrogens is 249 g/mol. The van der Waals surface area contributed by atoms with Gasteiger partial charge in [0.2, 0.25) is 0 Å². The van der Waals surface area contributed by atoms with Crippen molar-refractivity contribution >= 4 is 18.1 Å². The summed E-state index contributed by atoms with van der Waals surface area (Å²) in [6.07, 6.45) is 0. The number of nitrogens with zero attached hydrogens (tertiary/aromatic N) is 1. The lowest BCUT2D eigenvalue weighted by Gasteiger charge is -2.11. The van der Waals surface area contributed by atoms with Crippen LogP contribution in [0.2, 0.25) is 6.82 Å². The number of fused-ring (bicyclic) bond motifs is 1. The Bertz CT molecular complexity index is 689. The van der Waals surface area contributed by atoms with Gasteiger partial charge < -0.3 is 9.39 Å². The highest BCUT2D eigenvalue weighted by atomic mass is 16.5. The zero-order chi connectivity index (χ0) is 14.1. The second-order valence-electron chi connectivity index (χ2n) is 4.98. The summed E-state index contributed by atoms with van der Waals surface area (Å²) in [7, 11) is 0. The molecule has 3 nitrogen and oxygen atoms in total. The summed E-state index contributed by atoms with van der Waals surface area (Å²) >= 11 is 0. The Kier molecular flexibility index (Phi) is 3.21. The maximum absolute atomic E-state index is 6.94. The van der Waals surface area contributed by atoms with E-state index >= 15 is 0 Å². The largest absolute Gasteiger partial charge is 0.457 e. The molecule has 0 N–H and O–H groups in total. The molecule has 20 heavy (non-hydrogen) atoms. The minimum atomic E-state index is 0.163. The van der Waals surface area contributed by atoms with Crippen molar-refractivity contribution in [2.75, 3.05) is 0 Å². The zero-order valence-electron chi connectivity index (χ0n) is 11.5. The van der Waals surface area contributed by atoms with Crippen LogP contribution in [0.15, 0.2) is 36.4 Å². The van der Waals surface area contributed by atoms with Gasteiger partial charge in [-0.3, -0.25) is 0 Å². The van der Waals surface area contributed by atoms with E-state index in [2.05, 4.69) is 23.8 Å². The van der Waals surface area contributed by atoms with E-state index in [0.29, 0.717) is 12.3 Å². The first-order chi connectivity index (χ1) is 9.67. The molecule has 0 atom stereocenters. The van der Waals surface area contributed by atoms with Crippen LogP contribution in [0, 0.1) is 13.5 Å². The fourth-order valence-electron chi connectivity index (χ4n) is 2.39. The van der Waals surface area contributed by atoms with Gasteiger partial charge in [0.25, 0.3) is 0 Å². The minimum absolute atomic E-state index is 0.163. The van der Waals surface area contributed by atoms with Crippen LogP contribution < -0.4 is 10.2 Å². The van der Waals surface area contributed by atoms with Gasteiger partial charge in [0, 0.05) is 0 Å². The Morgan fingerprint density at radius 1 is 1.25 bits per heavy atom. The van der Waals surface area contributed by atoms with Crippen molar-refractivity contribution in [2.45, 2.75) is 20.4 Å². The molecule has 0 spiro atoms. The molecule has 0 fully saturated rings. The molecule has 98 valence electrons. The third kappa shape index (κ3) is 2.28. The zero-order valence-corrected chi connectivity index (χ0v) is 11.5. The predicted octanol–water partition coefficient (Wildman–Crippen LogP) is 3.70. The predicted molar refractivity (Wildman–Crippen MR) is 80.0 cm³/mol. The van der Waals surface area contributed by atoms with Crippen LogP contribution >= 0.6 is 0 Å². The first-order valence-corrected chi connectivity index (χ1v) is 6.58. The van der Waals surface area contributed by atoms with Crippen molar-refractivity contribution in [1.82, 2.24) is 0 Å². The molecule has 0 saturated carbocycles. The lowest BCUT2D eigenvalue weighted by atomic mass is 9.64. The molecular formula is C16H14BNO2. The first kappa shape index (κ1) is 12.8. The van der Waals surface area contributed by atoms with Gasteiger partial charge in [0.05, 0.1) is 13.2 Å². The Morgan fingerprint density at radius 2 is 2.00 bits per heavy atom. The normalized spacial score (nSPS) is 12.9. The van der Waals surface area contributed by atoms with Crippen molar-refractivity contribution in [3.63, 3.8) is 0 Å². The lowest BCUT2D eigenvalue weighted by Crippen LogP contribution is -2.24. The topological polar surface area (TPSA) is 22.8 Å². The molecule has 0 unspecified atom stereocenters. The molecule has 2 aromatic rings. The van der Waals surface area contributed by atoms with Gasteiger partial charge in [-0.15, -0.1) is 0 Å². The SMILES string of the molecule is [C-]#[N+]c1ccc(Oc2cc3c(cc2C)B(C)OC3)cc1. The van der Waals surface area contributed by atoms with Crippen LogP contribution in [0.5, 0.6) is 11.5 Å². The van der Waals surface area contributed by atoms with Crippen molar-refractivity contribution in [2.24, 2.45) is 0 Å². The van der Waals surface area contributed by atoms with E-state index in [9.17, 15) is 0 Å². The molecule has 0 aliphatic carbocycles. The monoisotopic (exact) mass is 263 g/mol. The van der Waals surface area contributed by atoms with Gasteiger partial charge in [-0.2, -0.15) is 0 Å². The first-order valence-electron chi connectivity index (χ1n) is 6.58. The third-order valence-electron chi connectivity index (χ3n) is 3.56. The van der Waals surface area contributed by atoms with Crippen molar-refractivity contribution < 1.29 is 9.39 Å². The summed E-state index contributed by atoms with van der Waals surface area (Å²) in [5.41, 5.74) is 4.15. The Labute approximate surface area is 119 Å². The van der Waals surface area contributed by atoms with Gasteiger partial charge in [-0.1, -0.05) is 25.0 Å².